The fraction of sp³-hybridized carbons (Fsp3) is 0.333. The quantitative estimate of drug-likeness (QED) is 0.757. The molecular weight excluding hydrogens is 296 g/mol. The number of nitrogens with one attached hydrogen (secondary N) is 1. The third-order valence-corrected chi connectivity index (χ3v) is 4.43. The molecule has 1 N–H and O–H groups in total. The topological polar surface area (TPSA) is 68.5 Å². The molecule has 0 radical (unpaired) electrons. The minimum absolute atomic E-state index is 0.164. The standard InChI is InChI=1S/C15H18N6S/c1-3-15-17-13(10-22-15)11(2)16-9-14-18-19-20-21(14)12-7-5-4-6-8-12/h4-8,10-11,16H,3,9H2,1-2H3. The Morgan fingerprint density at radius 3 is 2.82 bits per heavy atom. The number of tetrazole rings is 1. The van der Waals surface area contributed by atoms with E-state index in [9.17, 15) is 0 Å². The summed E-state index contributed by atoms with van der Waals surface area (Å²) in [6.45, 7) is 4.81. The van der Waals surface area contributed by atoms with Crippen LogP contribution in [0, 0.1) is 0 Å². The first-order valence-corrected chi connectivity index (χ1v) is 8.16. The van der Waals surface area contributed by atoms with Gasteiger partial charge in [0.1, 0.15) is 0 Å². The first-order chi connectivity index (χ1) is 10.8. The average molecular weight is 314 g/mol. The molecule has 0 saturated carbocycles. The summed E-state index contributed by atoms with van der Waals surface area (Å²) in [4.78, 5) is 4.61. The van der Waals surface area contributed by atoms with Crippen LogP contribution in [0.1, 0.15) is 36.4 Å². The van der Waals surface area contributed by atoms with Crippen LogP contribution in [0.5, 0.6) is 0 Å². The second-order valence-electron chi connectivity index (χ2n) is 4.96. The molecule has 3 aromatic rings. The molecule has 22 heavy (non-hydrogen) atoms. The Morgan fingerprint density at radius 1 is 1.27 bits per heavy atom. The summed E-state index contributed by atoms with van der Waals surface area (Å²) in [6, 6.07) is 10.0. The lowest BCUT2D eigenvalue weighted by Crippen LogP contribution is -2.21. The maximum atomic E-state index is 4.61. The van der Waals surface area contributed by atoms with Gasteiger partial charge in [-0.1, -0.05) is 25.1 Å². The van der Waals surface area contributed by atoms with E-state index < -0.39 is 0 Å². The molecule has 0 amide bonds. The van der Waals surface area contributed by atoms with Crippen LogP contribution in [-0.4, -0.2) is 25.2 Å². The molecule has 0 fully saturated rings. The van der Waals surface area contributed by atoms with Crippen LogP contribution in [-0.2, 0) is 13.0 Å². The van der Waals surface area contributed by atoms with Gasteiger partial charge >= 0.3 is 0 Å². The first kappa shape index (κ1) is 14.8. The molecule has 2 aromatic heterocycles. The van der Waals surface area contributed by atoms with E-state index in [1.165, 1.54) is 0 Å². The number of thiazole rings is 1. The van der Waals surface area contributed by atoms with Gasteiger partial charge in [0.05, 0.1) is 22.9 Å². The van der Waals surface area contributed by atoms with E-state index >= 15 is 0 Å². The van der Waals surface area contributed by atoms with Gasteiger partial charge in [-0.3, -0.25) is 0 Å². The van der Waals surface area contributed by atoms with Gasteiger partial charge in [-0.15, -0.1) is 16.4 Å². The number of aryl methyl sites for hydroxylation is 1. The number of hydrogen-bond acceptors (Lipinski definition) is 6. The van der Waals surface area contributed by atoms with E-state index in [0.29, 0.717) is 6.54 Å². The highest BCUT2D eigenvalue weighted by atomic mass is 32.1. The van der Waals surface area contributed by atoms with Crippen molar-refractivity contribution >= 4 is 11.3 Å². The van der Waals surface area contributed by atoms with Gasteiger partial charge in [0.25, 0.3) is 0 Å². The van der Waals surface area contributed by atoms with Crippen LogP contribution in [0.25, 0.3) is 5.69 Å². The highest BCUT2D eigenvalue weighted by molar-refractivity contribution is 7.09. The summed E-state index contributed by atoms with van der Waals surface area (Å²) in [6.07, 6.45) is 0.976. The Labute approximate surface area is 133 Å². The molecule has 0 aliphatic heterocycles. The number of rotatable bonds is 6. The highest BCUT2D eigenvalue weighted by Crippen LogP contribution is 2.17. The van der Waals surface area contributed by atoms with E-state index in [1.807, 2.05) is 30.3 Å². The van der Waals surface area contributed by atoms with Crippen molar-refractivity contribution < 1.29 is 0 Å². The summed E-state index contributed by atoms with van der Waals surface area (Å²) in [5.41, 5.74) is 2.03. The van der Waals surface area contributed by atoms with Crippen molar-refractivity contribution in [2.75, 3.05) is 0 Å². The van der Waals surface area contributed by atoms with Gasteiger partial charge in [-0.25, -0.2) is 4.98 Å². The molecule has 1 unspecified atom stereocenters. The number of benzene rings is 1. The molecule has 114 valence electrons. The number of para-hydroxylation sites is 1. The number of hydrogen-bond donors (Lipinski definition) is 1. The molecule has 0 aliphatic rings. The molecule has 0 spiro atoms. The Kier molecular flexibility index (Phi) is 4.55. The van der Waals surface area contributed by atoms with E-state index in [4.69, 9.17) is 0 Å². The van der Waals surface area contributed by atoms with Crippen molar-refractivity contribution in [1.82, 2.24) is 30.5 Å². The zero-order chi connectivity index (χ0) is 15.4. The van der Waals surface area contributed by atoms with Crippen LogP contribution >= 0.6 is 11.3 Å². The van der Waals surface area contributed by atoms with Crippen molar-refractivity contribution in [3.05, 3.63) is 52.2 Å². The fourth-order valence-electron chi connectivity index (χ4n) is 2.12. The molecule has 1 aromatic carbocycles. The third-order valence-electron chi connectivity index (χ3n) is 3.42. The maximum absolute atomic E-state index is 4.61. The summed E-state index contributed by atoms with van der Waals surface area (Å²) < 4.78 is 1.75. The van der Waals surface area contributed by atoms with Crippen molar-refractivity contribution in [3.63, 3.8) is 0 Å². The van der Waals surface area contributed by atoms with Crippen molar-refractivity contribution in [2.24, 2.45) is 0 Å². The third kappa shape index (κ3) is 3.20. The smallest absolute Gasteiger partial charge is 0.170 e. The Morgan fingerprint density at radius 2 is 2.09 bits per heavy atom. The Bertz CT molecular complexity index is 720. The summed E-state index contributed by atoms with van der Waals surface area (Å²) in [5, 5.41) is 18.6. The minimum atomic E-state index is 0.164. The minimum Gasteiger partial charge on any atom is -0.302 e. The molecule has 2 heterocycles. The molecule has 0 saturated heterocycles. The Balaban J connectivity index is 1.68. The van der Waals surface area contributed by atoms with Crippen LogP contribution in [0.2, 0.25) is 0 Å². The summed E-state index contributed by atoms with van der Waals surface area (Å²) in [7, 11) is 0. The summed E-state index contributed by atoms with van der Waals surface area (Å²) >= 11 is 1.70. The maximum Gasteiger partial charge on any atom is 0.170 e. The molecule has 0 aliphatic carbocycles. The van der Waals surface area contributed by atoms with Crippen LogP contribution in [0.3, 0.4) is 0 Å². The van der Waals surface area contributed by atoms with Gasteiger partial charge < -0.3 is 5.32 Å². The first-order valence-electron chi connectivity index (χ1n) is 7.28. The monoisotopic (exact) mass is 314 g/mol. The lowest BCUT2D eigenvalue weighted by molar-refractivity contribution is 0.541. The van der Waals surface area contributed by atoms with E-state index in [1.54, 1.807) is 16.0 Å². The summed E-state index contributed by atoms with van der Waals surface area (Å²) in [5.74, 6) is 0.781. The van der Waals surface area contributed by atoms with Gasteiger partial charge in [-0.2, -0.15) is 4.68 Å². The number of aromatic nitrogens is 5. The average Bonchev–Trinajstić information content (AvgIpc) is 3.22. The highest BCUT2D eigenvalue weighted by Gasteiger charge is 2.12. The molecule has 7 heteroatoms. The molecule has 1 atom stereocenters. The van der Waals surface area contributed by atoms with Crippen LogP contribution in [0.15, 0.2) is 35.7 Å². The molecular formula is C15H18N6S. The van der Waals surface area contributed by atoms with E-state index in [-0.39, 0.29) is 6.04 Å². The second kappa shape index (κ2) is 6.76. The fourth-order valence-corrected chi connectivity index (χ4v) is 2.96. The predicted octanol–water partition coefficient (Wildman–Crippen LogP) is 2.53. The van der Waals surface area contributed by atoms with Crippen molar-refractivity contribution in [3.8, 4) is 5.69 Å². The van der Waals surface area contributed by atoms with E-state index in [2.05, 4.69) is 45.1 Å². The van der Waals surface area contributed by atoms with Crippen LogP contribution in [0.4, 0.5) is 0 Å². The van der Waals surface area contributed by atoms with Crippen molar-refractivity contribution in [1.29, 1.82) is 0 Å². The SMILES string of the molecule is CCc1nc(C(C)NCc2nnnn2-c2ccccc2)cs1. The lowest BCUT2D eigenvalue weighted by Gasteiger charge is -2.11. The van der Waals surface area contributed by atoms with Gasteiger partial charge in [0.15, 0.2) is 5.82 Å². The van der Waals surface area contributed by atoms with E-state index in [0.717, 1.165) is 28.6 Å². The van der Waals surface area contributed by atoms with Crippen LogP contribution < -0.4 is 5.32 Å². The predicted molar refractivity (Wildman–Crippen MR) is 85.9 cm³/mol. The molecule has 6 nitrogen and oxygen atoms in total. The van der Waals surface area contributed by atoms with Gasteiger partial charge in [0.2, 0.25) is 0 Å². The van der Waals surface area contributed by atoms with Gasteiger partial charge in [-0.05, 0) is 35.9 Å². The molecule has 0 bridgehead atoms. The number of nitrogens with zero attached hydrogens (tertiary/aromatic N) is 5. The lowest BCUT2D eigenvalue weighted by atomic mass is 10.2. The van der Waals surface area contributed by atoms with Gasteiger partial charge in [0, 0.05) is 11.4 Å². The largest absolute Gasteiger partial charge is 0.302 e. The Hall–Kier alpha value is -2.12. The zero-order valence-electron chi connectivity index (χ0n) is 12.6. The molecule has 3 rings (SSSR count). The van der Waals surface area contributed by atoms with Crippen molar-refractivity contribution in [2.45, 2.75) is 32.9 Å². The zero-order valence-corrected chi connectivity index (χ0v) is 13.4. The second-order valence-corrected chi connectivity index (χ2v) is 5.91. The normalized spacial score (nSPS) is 12.5.